The fraction of sp³-hybridized carbons (Fsp3) is 0.800. The third-order valence-electron chi connectivity index (χ3n) is 2.79. The van der Waals surface area contributed by atoms with Crippen LogP contribution in [0.5, 0.6) is 0 Å². The van der Waals surface area contributed by atoms with Crippen molar-refractivity contribution in [2.45, 2.75) is 31.8 Å². The third kappa shape index (κ3) is 2.70. The quantitative estimate of drug-likeness (QED) is 0.796. The summed E-state index contributed by atoms with van der Waals surface area (Å²) in [5.74, 6) is 0.608. The van der Waals surface area contributed by atoms with Crippen LogP contribution in [0.4, 0.5) is 6.01 Å². The number of anilines is 1. The Bertz CT molecular complexity index is 322. The van der Waals surface area contributed by atoms with Gasteiger partial charge >= 0.3 is 6.01 Å². The average molecular weight is 226 g/mol. The Kier molecular flexibility index (Phi) is 3.74. The van der Waals surface area contributed by atoms with Gasteiger partial charge in [-0.2, -0.15) is 0 Å². The minimum Gasteiger partial charge on any atom is -0.406 e. The van der Waals surface area contributed by atoms with E-state index in [0.717, 1.165) is 26.1 Å². The normalized spacial score (nSPS) is 19.6. The molecule has 90 valence electrons. The lowest BCUT2D eigenvalue weighted by atomic mass is 10.1. The molecule has 0 radical (unpaired) electrons. The number of hydrogen-bond acceptors (Lipinski definition) is 6. The summed E-state index contributed by atoms with van der Waals surface area (Å²) >= 11 is 0. The Morgan fingerprint density at radius 2 is 2.06 bits per heavy atom. The summed E-state index contributed by atoms with van der Waals surface area (Å²) in [6, 6.07) is 0.966. The van der Waals surface area contributed by atoms with Gasteiger partial charge < -0.3 is 19.8 Å². The van der Waals surface area contributed by atoms with Crippen LogP contribution >= 0.6 is 0 Å². The van der Waals surface area contributed by atoms with Gasteiger partial charge in [-0.3, -0.25) is 0 Å². The molecule has 2 heterocycles. The fourth-order valence-electron chi connectivity index (χ4n) is 1.61. The maximum absolute atomic E-state index is 5.50. The van der Waals surface area contributed by atoms with Crippen molar-refractivity contribution < 1.29 is 9.15 Å². The first-order valence-corrected chi connectivity index (χ1v) is 5.64. The molecule has 6 nitrogen and oxygen atoms in total. The molecule has 1 fully saturated rings. The van der Waals surface area contributed by atoms with Gasteiger partial charge in [-0.25, -0.2) is 0 Å². The first-order valence-electron chi connectivity index (χ1n) is 5.64. The average Bonchev–Trinajstić information content (AvgIpc) is 2.78. The van der Waals surface area contributed by atoms with E-state index in [0.29, 0.717) is 17.9 Å². The number of rotatable bonds is 4. The zero-order valence-corrected chi connectivity index (χ0v) is 9.69. The number of hydrogen-bond donors (Lipinski definition) is 2. The van der Waals surface area contributed by atoms with Gasteiger partial charge in [0.25, 0.3) is 0 Å². The molecule has 6 heteroatoms. The van der Waals surface area contributed by atoms with Crippen LogP contribution in [0, 0.1) is 0 Å². The second kappa shape index (κ2) is 5.27. The van der Waals surface area contributed by atoms with Crippen molar-refractivity contribution in [2.24, 2.45) is 0 Å². The van der Waals surface area contributed by atoms with E-state index in [1.54, 1.807) is 0 Å². The molecule has 0 amide bonds. The van der Waals surface area contributed by atoms with Gasteiger partial charge in [0.2, 0.25) is 5.89 Å². The van der Waals surface area contributed by atoms with Gasteiger partial charge in [-0.1, -0.05) is 5.10 Å². The van der Waals surface area contributed by atoms with Crippen LogP contribution in [-0.4, -0.2) is 36.5 Å². The zero-order valence-electron chi connectivity index (χ0n) is 9.69. The number of aromatic nitrogens is 2. The van der Waals surface area contributed by atoms with Crippen molar-refractivity contribution in [1.82, 2.24) is 15.5 Å². The topological polar surface area (TPSA) is 72.2 Å². The molecule has 1 aromatic rings. The molecule has 1 unspecified atom stereocenters. The standard InChI is InChI=1S/C10H18N4O2/c1-7(11-2)9-13-14-10(16-9)12-8-3-5-15-6-4-8/h7-8,11H,3-6H2,1-2H3,(H,12,14). The van der Waals surface area contributed by atoms with Crippen molar-refractivity contribution in [2.75, 3.05) is 25.6 Å². The van der Waals surface area contributed by atoms with Gasteiger partial charge in [-0.05, 0) is 26.8 Å². The molecular formula is C10H18N4O2. The van der Waals surface area contributed by atoms with Crippen LogP contribution in [0.25, 0.3) is 0 Å². The van der Waals surface area contributed by atoms with Crippen molar-refractivity contribution in [1.29, 1.82) is 0 Å². The summed E-state index contributed by atoms with van der Waals surface area (Å²) in [6.45, 7) is 3.57. The molecule has 0 aromatic carbocycles. The molecule has 16 heavy (non-hydrogen) atoms. The maximum Gasteiger partial charge on any atom is 0.315 e. The molecule has 2 rings (SSSR count). The Hall–Kier alpha value is -1.14. The molecule has 1 atom stereocenters. The lowest BCUT2D eigenvalue weighted by Crippen LogP contribution is -2.27. The second-order valence-corrected chi connectivity index (χ2v) is 3.99. The molecule has 1 aromatic heterocycles. The Labute approximate surface area is 94.8 Å². The Morgan fingerprint density at radius 1 is 1.31 bits per heavy atom. The zero-order chi connectivity index (χ0) is 11.4. The summed E-state index contributed by atoms with van der Waals surface area (Å²) in [4.78, 5) is 0. The summed E-state index contributed by atoms with van der Waals surface area (Å²) < 4.78 is 10.8. The highest BCUT2D eigenvalue weighted by molar-refractivity contribution is 5.20. The highest BCUT2D eigenvalue weighted by atomic mass is 16.5. The minimum absolute atomic E-state index is 0.0812. The van der Waals surface area contributed by atoms with Gasteiger partial charge in [0, 0.05) is 19.3 Å². The largest absolute Gasteiger partial charge is 0.406 e. The predicted octanol–water partition coefficient (Wildman–Crippen LogP) is 0.941. The minimum atomic E-state index is 0.0812. The molecule has 0 bridgehead atoms. The lowest BCUT2D eigenvalue weighted by Gasteiger charge is -2.21. The molecule has 0 saturated carbocycles. The Morgan fingerprint density at radius 3 is 2.75 bits per heavy atom. The summed E-state index contributed by atoms with van der Waals surface area (Å²) in [5.41, 5.74) is 0. The molecule has 1 aliphatic rings. The van der Waals surface area contributed by atoms with Crippen molar-refractivity contribution in [3.05, 3.63) is 5.89 Å². The van der Waals surface area contributed by atoms with Crippen molar-refractivity contribution in [3.63, 3.8) is 0 Å². The van der Waals surface area contributed by atoms with Gasteiger partial charge in [0.15, 0.2) is 0 Å². The second-order valence-electron chi connectivity index (χ2n) is 3.99. The predicted molar refractivity (Wildman–Crippen MR) is 59.2 cm³/mol. The van der Waals surface area contributed by atoms with E-state index >= 15 is 0 Å². The Balaban J connectivity index is 1.91. The lowest BCUT2D eigenvalue weighted by molar-refractivity contribution is 0.0899. The van der Waals surface area contributed by atoms with E-state index in [1.807, 2.05) is 14.0 Å². The fourth-order valence-corrected chi connectivity index (χ4v) is 1.61. The van der Waals surface area contributed by atoms with E-state index in [-0.39, 0.29) is 6.04 Å². The molecule has 2 N–H and O–H groups in total. The van der Waals surface area contributed by atoms with E-state index in [2.05, 4.69) is 20.8 Å². The number of ether oxygens (including phenoxy) is 1. The van der Waals surface area contributed by atoms with Crippen LogP contribution < -0.4 is 10.6 Å². The first kappa shape index (κ1) is 11.3. The highest BCUT2D eigenvalue weighted by Gasteiger charge is 2.17. The van der Waals surface area contributed by atoms with Crippen LogP contribution in [0.15, 0.2) is 4.42 Å². The van der Waals surface area contributed by atoms with Gasteiger partial charge in [-0.15, -0.1) is 5.10 Å². The van der Waals surface area contributed by atoms with Crippen LogP contribution in [0.1, 0.15) is 31.7 Å². The number of nitrogens with one attached hydrogen (secondary N) is 2. The monoisotopic (exact) mass is 226 g/mol. The van der Waals surface area contributed by atoms with Crippen LogP contribution in [0.3, 0.4) is 0 Å². The van der Waals surface area contributed by atoms with Crippen molar-refractivity contribution >= 4 is 6.01 Å². The smallest absolute Gasteiger partial charge is 0.315 e. The van der Waals surface area contributed by atoms with Gasteiger partial charge in [0.1, 0.15) is 0 Å². The molecule has 1 saturated heterocycles. The maximum atomic E-state index is 5.50. The summed E-state index contributed by atoms with van der Waals surface area (Å²) in [7, 11) is 1.86. The van der Waals surface area contributed by atoms with Crippen LogP contribution in [0.2, 0.25) is 0 Å². The van der Waals surface area contributed by atoms with E-state index in [1.165, 1.54) is 0 Å². The van der Waals surface area contributed by atoms with E-state index in [4.69, 9.17) is 9.15 Å². The van der Waals surface area contributed by atoms with Gasteiger partial charge in [0.05, 0.1) is 6.04 Å². The first-order chi connectivity index (χ1) is 7.79. The SMILES string of the molecule is CNC(C)c1nnc(NC2CCOCC2)o1. The van der Waals surface area contributed by atoms with E-state index in [9.17, 15) is 0 Å². The molecular weight excluding hydrogens is 208 g/mol. The van der Waals surface area contributed by atoms with Crippen LogP contribution in [-0.2, 0) is 4.74 Å². The highest BCUT2D eigenvalue weighted by Crippen LogP contribution is 2.16. The molecule has 1 aliphatic heterocycles. The van der Waals surface area contributed by atoms with E-state index < -0.39 is 0 Å². The third-order valence-corrected chi connectivity index (χ3v) is 2.79. The molecule has 0 aliphatic carbocycles. The summed E-state index contributed by atoms with van der Waals surface area (Å²) in [6.07, 6.45) is 1.97. The number of nitrogens with zero attached hydrogens (tertiary/aromatic N) is 2. The summed E-state index contributed by atoms with van der Waals surface area (Å²) in [5, 5.41) is 14.2. The van der Waals surface area contributed by atoms with Crippen molar-refractivity contribution in [3.8, 4) is 0 Å². The molecule has 0 spiro atoms.